The van der Waals surface area contributed by atoms with Gasteiger partial charge in [-0.2, -0.15) is 0 Å². The molecule has 0 heterocycles. The van der Waals surface area contributed by atoms with Crippen LogP contribution in [0.15, 0.2) is 65.6 Å². The van der Waals surface area contributed by atoms with Gasteiger partial charge in [-0.1, -0.05) is 43.0 Å². The summed E-state index contributed by atoms with van der Waals surface area (Å²) >= 11 is 6.31. The molecule has 2 amide bonds. The van der Waals surface area contributed by atoms with Crippen LogP contribution in [-0.2, 0) is 26.2 Å². The number of ether oxygens (including phenoxy) is 3. The van der Waals surface area contributed by atoms with Crippen molar-refractivity contribution in [1.82, 2.24) is 10.2 Å². The highest BCUT2D eigenvalue weighted by Gasteiger charge is 2.35. The monoisotopic (exact) mass is 675 g/mol. The average molecular weight is 676 g/mol. The molecule has 0 bridgehead atoms. The van der Waals surface area contributed by atoms with Crippen molar-refractivity contribution in [1.29, 1.82) is 0 Å². The molecule has 1 unspecified atom stereocenters. The van der Waals surface area contributed by atoms with Crippen LogP contribution in [0.25, 0.3) is 0 Å². The van der Waals surface area contributed by atoms with Gasteiger partial charge in [0.2, 0.25) is 11.8 Å². The zero-order valence-corrected chi connectivity index (χ0v) is 27.9. The van der Waals surface area contributed by atoms with Gasteiger partial charge in [-0.3, -0.25) is 13.9 Å². The third-order valence-corrected chi connectivity index (χ3v) is 10.0. The molecule has 0 spiro atoms. The zero-order valence-electron chi connectivity index (χ0n) is 26.3. The van der Waals surface area contributed by atoms with Crippen LogP contribution in [0.5, 0.6) is 17.2 Å². The number of nitrogens with one attached hydrogen (secondary N) is 1. The van der Waals surface area contributed by atoms with Crippen LogP contribution >= 0.6 is 11.6 Å². The fraction of sp³-hybridized carbons (Fsp3) is 0.394. The molecule has 0 saturated heterocycles. The predicted octanol–water partition coefficient (Wildman–Crippen LogP) is 5.57. The summed E-state index contributed by atoms with van der Waals surface area (Å²) in [5, 5.41) is 3.26. The van der Waals surface area contributed by atoms with E-state index in [1.165, 1.54) is 86.9 Å². The fourth-order valence-electron chi connectivity index (χ4n) is 5.41. The summed E-state index contributed by atoms with van der Waals surface area (Å²) in [5.74, 6) is -0.871. The summed E-state index contributed by atoms with van der Waals surface area (Å²) in [4.78, 5) is 28.9. The molecule has 3 aromatic rings. The topological polar surface area (TPSA) is 114 Å². The fourth-order valence-corrected chi connectivity index (χ4v) is 7.01. The Labute approximate surface area is 274 Å². The van der Waals surface area contributed by atoms with Gasteiger partial charge < -0.3 is 24.4 Å². The first-order chi connectivity index (χ1) is 22.0. The van der Waals surface area contributed by atoms with E-state index in [0.29, 0.717) is 11.3 Å². The number of carbonyl (C=O) groups excluding carboxylic acids is 2. The van der Waals surface area contributed by atoms with Gasteiger partial charge in [-0.25, -0.2) is 12.8 Å². The summed E-state index contributed by atoms with van der Waals surface area (Å²) in [6, 6.07) is 13.0. The summed E-state index contributed by atoms with van der Waals surface area (Å²) in [6.45, 7) is 0.803. The standard InChI is InChI=1S/C33H39ClFN3O7S/c1-22(33(40)36-26-8-6-5-7-9-26)37(20-23-10-13-25(35)14-11-23)32(39)21-38(28-18-24(34)12-16-29(28)43-2)46(41,42)27-15-17-30(44-3)31(19-27)45-4/h10-19,22,26H,5-9,20-21H2,1-4H3,(H,36,40). The minimum atomic E-state index is -4.48. The van der Waals surface area contributed by atoms with E-state index in [-0.39, 0.29) is 45.6 Å². The second kappa shape index (κ2) is 15.5. The Kier molecular flexibility index (Phi) is 11.7. The van der Waals surface area contributed by atoms with Gasteiger partial charge in [-0.15, -0.1) is 0 Å². The molecular weight excluding hydrogens is 637 g/mol. The second-order valence-corrected chi connectivity index (χ2v) is 13.3. The number of carbonyl (C=O) groups is 2. The molecule has 46 heavy (non-hydrogen) atoms. The van der Waals surface area contributed by atoms with Crippen LogP contribution in [0.4, 0.5) is 10.1 Å². The van der Waals surface area contributed by atoms with Crippen molar-refractivity contribution in [2.75, 3.05) is 32.2 Å². The van der Waals surface area contributed by atoms with Crippen molar-refractivity contribution in [3.05, 3.63) is 77.1 Å². The van der Waals surface area contributed by atoms with Gasteiger partial charge >= 0.3 is 0 Å². The van der Waals surface area contributed by atoms with E-state index in [2.05, 4.69) is 5.32 Å². The molecular formula is C33H39ClFN3O7S. The van der Waals surface area contributed by atoms with Crippen LogP contribution in [0.3, 0.4) is 0 Å². The third kappa shape index (κ3) is 8.21. The minimum Gasteiger partial charge on any atom is -0.495 e. The van der Waals surface area contributed by atoms with E-state index in [1.54, 1.807) is 6.92 Å². The van der Waals surface area contributed by atoms with Gasteiger partial charge in [0, 0.05) is 23.7 Å². The minimum absolute atomic E-state index is 0.0101. The highest BCUT2D eigenvalue weighted by Crippen LogP contribution is 2.37. The van der Waals surface area contributed by atoms with Gasteiger partial charge in [0.15, 0.2) is 11.5 Å². The SMILES string of the molecule is COc1ccc(S(=O)(=O)N(CC(=O)N(Cc2ccc(F)cc2)C(C)C(=O)NC2CCCCC2)c2cc(Cl)ccc2OC)cc1OC. The van der Waals surface area contributed by atoms with Crippen LogP contribution in [-0.4, -0.2) is 65.1 Å². The number of methoxy groups -OCH3 is 3. The first-order valence-corrected chi connectivity index (χ1v) is 16.7. The van der Waals surface area contributed by atoms with Gasteiger partial charge in [0.05, 0.1) is 31.9 Å². The Bertz CT molecular complexity index is 1630. The third-order valence-electron chi connectivity index (χ3n) is 8.02. The summed E-state index contributed by atoms with van der Waals surface area (Å²) < 4.78 is 59.4. The summed E-state index contributed by atoms with van der Waals surface area (Å²) in [5.41, 5.74) is 0.570. The largest absolute Gasteiger partial charge is 0.495 e. The maximum absolute atomic E-state index is 14.3. The molecule has 13 heteroatoms. The molecule has 1 N–H and O–H groups in total. The van der Waals surface area contributed by atoms with Gasteiger partial charge in [0.25, 0.3) is 10.0 Å². The smallest absolute Gasteiger partial charge is 0.265 e. The number of benzene rings is 3. The maximum Gasteiger partial charge on any atom is 0.265 e. The van der Waals surface area contributed by atoms with Crippen molar-refractivity contribution in [3.8, 4) is 17.2 Å². The quantitative estimate of drug-likeness (QED) is 0.252. The molecule has 1 aliphatic carbocycles. The zero-order chi connectivity index (χ0) is 33.4. The van der Waals surface area contributed by atoms with Crippen molar-refractivity contribution in [2.45, 2.75) is 62.6 Å². The molecule has 0 radical (unpaired) electrons. The molecule has 1 fully saturated rings. The Morgan fingerprint density at radius 2 is 1.54 bits per heavy atom. The molecule has 4 rings (SSSR count). The van der Waals surface area contributed by atoms with Gasteiger partial charge in [0.1, 0.15) is 24.2 Å². The maximum atomic E-state index is 14.3. The first kappa shape index (κ1) is 34.8. The van der Waals surface area contributed by atoms with Crippen molar-refractivity contribution in [2.24, 2.45) is 0 Å². The lowest BCUT2D eigenvalue weighted by Gasteiger charge is -2.33. The lowest BCUT2D eigenvalue weighted by atomic mass is 9.95. The summed E-state index contributed by atoms with van der Waals surface area (Å²) in [7, 11) is -0.303. The number of hydrogen-bond acceptors (Lipinski definition) is 7. The normalized spacial score (nSPS) is 14.2. The molecule has 1 saturated carbocycles. The number of amides is 2. The van der Waals surface area contributed by atoms with E-state index < -0.39 is 34.3 Å². The van der Waals surface area contributed by atoms with Gasteiger partial charge in [-0.05, 0) is 67.8 Å². The first-order valence-electron chi connectivity index (χ1n) is 14.9. The molecule has 248 valence electrons. The molecule has 1 aliphatic rings. The van der Waals surface area contributed by atoms with E-state index >= 15 is 0 Å². The van der Waals surface area contributed by atoms with E-state index in [0.717, 1.165) is 36.4 Å². The average Bonchev–Trinajstić information content (AvgIpc) is 3.06. The molecule has 0 aromatic heterocycles. The van der Waals surface area contributed by atoms with Crippen LogP contribution in [0.2, 0.25) is 5.02 Å². The van der Waals surface area contributed by atoms with E-state index in [9.17, 15) is 22.4 Å². The molecule has 10 nitrogen and oxygen atoms in total. The van der Waals surface area contributed by atoms with E-state index in [4.69, 9.17) is 25.8 Å². The number of rotatable bonds is 13. The van der Waals surface area contributed by atoms with Crippen molar-refractivity contribution in [3.63, 3.8) is 0 Å². The molecule has 0 aliphatic heterocycles. The Hall–Kier alpha value is -4.03. The Balaban J connectivity index is 1.76. The number of sulfonamides is 1. The van der Waals surface area contributed by atoms with Crippen LogP contribution in [0, 0.1) is 5.82 Å². The van der Waals surface area contributed by atoms with E-state index in [1.807, 2.05) is 0 Å². The number of hydrogen-bond donors (Lipinski definition) is 1. The van der Waals surface area contributed by atoms with Crippen molar-refractivity contribution >= 4 is 39.1 Å². The van der Waals surface area contributed by atoms with Crippen LogP contribution < -0.4 is 23.8 Å². The highest BCUT2D eigenvalue weighted by atomic mass is 35.5. The molecule has 1 atom stereocenters. The summed E-state index contributed by atoms with van der Waals surface area (Å²) in [6.07, 6.45) is 4.80. The Morgan fingerprint density at radius 3 is 2.17 bits per heavy atom. The lowest BCUT2D eigenvalue weighted by Crippen LogP contribution is -2.53. The second-order valence-electron chi connectivity index (χ2n) is 11.0. The number of halogens is 2. The van der Waals surface area contributed by atoms with Crippen LogP contribution in [0.1, 0.15) is 44.6 Å². The highest BCUT2D eigenvalue weighted by molar-refractivity contribution is 7.92. The lowest BCUT2D eigenvalue weighted by molar-refractivity contribution is -0.139. The predicted molar refractivity (Wildman–Crippen MR) is 174 cm³/mol. The number of nitrogens with zero attached hydrogens (tertiary/aromatic N) is 2. The molecule has 3 aromatic carbocycles. The Morgan fingerprint density at radius 1 is 0.913 bits per heavy atom. The number of anilines is 1. The van der Waals surface area contributed by atoms with Crippen molar-refractivity contribution < 1.29 is 36.6 Å².